The first-order valence-electron chi connectivity index (χ1n) is 25.1. The third-order valence-corrected chi connectivity index (χ3v) is 10.8. The Bertz CT molecular complexity index is 1040. The van der Waals surface area contributed by atoms with E-state index in [0.29, 0.717) is 19.3 Å². The summed E-state index contributed by atoms with van der Waals surface area (Å²) in [6.07, 6.45) is 56.8. The van der Waals surface area contributed by atoms with Gasteiger partial charge in [-0.15, -0.1) is 0 Å². The number of hydrogen-bond acceptors (Lipinski definition) is 6. The summed E-state index contributed by atoms with van der Waals surface area (Å²) in [5.74, 6) is -0.934. The second-order valence-corrected chi connectivity index (χ2v) is 16.7. The van der Waals surface area contributed by atoms with Crippen LogP contribution in [0.15, 0.2) is 48.6 Å². The molecule has 59 heavy (non-hydrogen) atoms. The van der Waals surface area contributed by atoms with Gasteiger partial charge in [0.25, 0.3) is 0 Å². The molecule has 1 unspecified atom stereocenters. The van der Waals surface area contributed by atoms with Gasteiger partial charge in [0.15, 0.2) is 6.10 Å². The van der Waals surface area contributed by atoms with Gasteiger partial charge in [0, 0.05) is 19.3 Å². The fourth-order valence-electron chi connectivity index (χ4n) is 7.03. The monoisotopic (exact) mass is 827 g/mol. The molecule has 0 aliphatic heterocycles. The molecule has 0 N–H and O–H groups in total. The lowest BCUT2D eigenvalue weighted by Gasteiger charge is -2.18. The number of carbonyl (C=O) groups is 3. The first-order chi connectivity index (χ1) is 29.0. The second-order valence-electron chi connectivity index (χ2n) is 16.7. The zero-order valence-electron chi connectivity index (χ0n) is 39.0. The second kappa shape index (κ2) is 48.0. The molecular formula is C53H94O6. The Labute approximate surface area is 365 Å². The van der Waals surface area contributed by atoms with Gasteiger partial charge < -0.3 is 14.2 Å². The summed E-state index contributed by atoms with van der Waals surface area (Å²) in [5, 5.41) is 0. The third kappa shape index (κ3) is 46.3. The van der Waals surface area contributed by atoms with Gasteiger partial charge >= 0.3 is 17.9 Å². The standard InChI is InChI=1S/C53H94O6/c1-4-7-10-13-16-19-22-24-25-26-27-28-29-32-34-37-40-43-46-52(55)58-49-50(48-57-51(54)45-42-39-36-33-30-21-18-15-12-9-6-3)59-53(56)47-44-41-38-35-31-23-20-17-14-11-8-5-2/h8,11,15,17-18,20,31,35,50H,4-7,9-10,12-14,16,19,21-30,32-34,36-49H2,1-3H3/b11-8-,18-15-,20-17-,35-31-. The van der Waals surface area contributed by atoms with Gasteiger partial charge in [-0.05, 0) is 70.6 Å². The number of carbonyl (C=O) groups excluding carboxylic acids is 3. The normalized spacial score (nSPS) is 12.4. The topological polar surface area (TPSA) is 78.9 Å². The fraction of sp³-hybridized carbons (Fsp3) is 0.792. The minimum atomic E-state index is -0.792. The van der Waals surface area contributed by atoms with Crippen molar-refractivity contribution in [1.29, 1.82) is 0 Å². The largest absolute Gasteiger partial charge is 0.462 e. The van der Waals surface area contributed by atoms with Crippen LogP contribution in [0, 0.1) is 0 Å². The van der Waals surface area contributed by atoms with Gasteiger partial charge in [-0.1, -0.05) is 211 Å². The fourth-order valence-corrected chi connectivity index (χ4v) is 7.03. The van der Waals surface area contributed by atoms with Crippen molar-refractivity contribution < 1.29 is 28.6 Å². The SMILES string of the molecule is CC/C=C\C/C=C\C/C=C\CCCCC(=O)OC(COC(=O)CCCCCCC/C=C\CCCC)COC(=O)CCCCCCCCCCCCCCCCCCCC. The first-order valence-corrected chi connectivity index (χ1v) is 25.1. The molecule has 6 nitrogen and oxygen atoms in total. The van der Waals surface area contributed by atoms with Crippen molar-refractivity contribution in [1.82, 2.24) is 0 Å². The van der Waals surface area contributed by atoms with E-state index in [9.17, 15) is 14.4 Å². The highest BCUT2D eigenvalue weighted by Gasteiger charge is 2.19. The summed E-state index contributed by atoms with van der Waals surface area (Å²) in [6.45, 7) is 6.45. The summed E-state index contributed by atoms with van der Waals surface area (Å²) in [4.78, 5) is 37.8. The van der Waals surface area contributed by atoms with Crippen molar-refractivity contribution in [3.05, 3.63) is 48.6 Å². The number of rotatable bonds is 45. The summed E-state index contributed by atoms with van der Waals surface area (Å²) in [5.41, 5.74) is 0. The molecule has 0 aliphatic rings. The van der Waals surface area contributed by atoms with Crippen LogP contribution in [-0.4, -0.2) is 37.2 Å². The Morgan fingerprint density at radius 2 is 0.678 bits per heavy atom. The van der Waals surface area contributed by atoms with Gasteiger partial charge in [0.2, 0.25) is 0 Å². The number of esters is 3. The van der Waals surface area contributed by atoms with Crippen molar-refractivity contribution in [3.8, 4) is 0 Å². The van der Waals surface area contributed by atoms with Gasteiger partial charge in [-0.3, -0.25) is 14.4 Å². The molecule has 6 heteroatoms. The average Bonchev–Trinajstić information content (AvgIpc) is 3.23. The lowest BCUT2D eigenvalue weighted by molar-refractivity contribution is -0.167. The maximum Gasteiger partial charge on any atom is 0.306 e. The molecule has 0 aromatic carbocycles. The molecule has 0 fully saturated rings. The van der Waals surface area contributed by atoms with Crippen LogP contribution >= 0.6 is 0 Å². The van der Waals surface area contributed by atoms with Crippen molar-refractivity contribution >= 4 is 17.9 Å². The predicted octanol–water partition coefficient (Wildman–Crippen LogP) is 16.3. The van der Waals surface area contributed by atoms with E-state index in [1.807, 2.05) is 0 Å². The Morgan fingerprint density at radius 3 is 1.14 bits per heavy atom. The minimum Gasteiger partial charge on any atom is -0.462 e. The Morgan fingerprint density at radius 1 is 0.356 bits per heavy atom. The zero-order valence-corrected chi connectivity index (χ0v) is 39.0. The van der Waals surface area contributed by atoms with Crippen molar-refractivity contribution in [2.45, 2.75) is 258 Å². The molecule has 0 amide bonds. The molecule has 342 valence electrons. The van der Waals surface area contributed by atoms with E-state index in [2.05, 4.69) is 69.4 Å². The molecule has 0 saturated heterocycles. The molecule has 0 aromatic heterocycles. The summed E-state index contributed by atoms with van der Waals surface area (Å²) in [7, 11) is 0. The molecule has 0 bridgehead atoms. The Kier molecular flexibility index (Phi) is 45.9. The summed E-state index contributed by atoms with van der Waals surface area (Å²) in [6, 6.07) is 0. The van der Waals surface area contributed by atoms with Crippen LogP contribution in [0.2, 0.25) is 0 Å². The van der Waals surface area contributed by atoms with E-state index in [0.717, 1.165) is 77.0 Å². The smallest absolute Gasteiger partial charge is 0.306 e. The van der Waals surface area contributed by atoms with Crippen molar-refractivity contribution in [2.75, 3.05) is 13.2 Å². The van der Waals surface area contributed by atoms with Gasteiger partial charge in [-0.2, -0.15) is 0 Å². The van der Waals surface area contributed by atoms with Crippen LogP contribution < -0.4 is 0 Å². The predicted molar refractivity (Wildman–Crippen MR) is 252 cm³/mol. The van der Waals surface area contributed by atoms with E-state index in [1.165, 1.54) is 128 Å². The van der Waals surface area contributed by atoms with Gasteiger partial charge in [0.05, 0.1) is 0 Å². The highest BCUT2D eigenvalue weighted by atomic mass is 16.6. The maximum absolute atomic E-state index is 12.7. The van der Waals surface area contributed by atoms with Crippen molar-refractivity contribution in [2.24, 2.45) is 0 Å². The highest BCUT2D eigenvalue weighted by molar-refractivity contribution is 5.71. The lowest BCUT2D eigenvalue weighted by atomic mass is 10.0. The quantitative estimate of drug-likeness (QED) is 0.0263. The molecule has 1 atom stereocenters. The molecule has 0 rings (SSSR count). The summed E-state index contributed by atoms with van der Waals surface area (Å²) < 4.78 is 16.7. The molecule has 0 saturated carbocycles. The van der Waals surface area contributed by atoms with E-state index >= 15 is 0 Å². The first kappa shape index (κ1) is 56.4. The summed E-state index contributed by atoms with van der Waals surface area (Å²) >= 11 is 0. The average molecular weight is 827 g/mol. The lowest BCUT2D eigenvalue weighted by Crippen LogP contribution is -2.30. The zero-order chi connectivity index (χ0) is 43.0. The van der Waals surface area contributed by atoms with Crippen LogP contribution in [0.5, 0.6) is 0 Å². The van der Waals surface area contributed by atoms with E-state index in [-0.39, 0.29) is 37.5 Å². The van der Waals surface area contributed by atoms with E-state index in [4.69, 9.17) is 14.2 Å². The number of ether oxygens (including phenoxy) is 3. The Balaban J connectivity index is 4.34. The minimum absolute atomic E-state index is 0.0890. The van der Waals surface area contributed by atoms with Gasteiger partial charge in [0.1, 0.15) is 13.2 Å². The number of unbranched alkanes of at least 4 members (excludes halogenated alkanes) is 26. The maximum atomic E-state index is 12.7. The Hall–Kier alpha value is -2.63. The van der Waals surface area contributed by atoms with Crippen LogP contribution in [0.3, 0.4) is 0 Å². The van der Waals surface area contributed by atoms with Crippen LogP contribution in [-0.2, 0) is 28.6 Å². The molecule has 0 radical (unpaired) electrons. The van der Waals surface area contributed by atoms with E-state index in [1.54, 1.807) is 0 Å². The van der Waals surface area contributed by atoms with Crippen LogP contribution in [0.4, 0.5) is 0 Å². The number of hydrogen-bond donors (Lipinski definition) is 0. The molecule has 0 aliphatic carbocycles. The molecule has 0 aromatic rings. The molecule has 0 spiro atoms. The van der Waals surface area contributed by atoms with Gasteiger partial charge in [-0.25, -0.2) is 0 Å². The highest BCUT2D eigenvalue weighted by Crippen LogP contribution is 2.16. The van der Waals surface area contributed by atoms with Crippen molar-refractivity contribution in [3.63, 3.8) is 0 Å². The van der Waals surface area contributed by atoms with Crippen LogP contribution in [0.25, 0.3) is 0 Å². The molecular weight excluding hydrogens is 733 g/mol. The van der Waals surface area contributed by atoms with E-state index < -0.39 is 6.10 Å². The van der Waals surface area contributed by atoms with Crippen LogP contribution in [0.1, 0.15) is 252 Å². The molecule has 0 heterocycles. The third-order valence-electron chi connectivity index (χ3n) is 10.8. The number of allylic oxidation sites excluding steroid dienone is 8.